The van der Waals surface area contributed by atoms with Gasteiger partial charge < -0.3 is 9.80 Å². The van der Waals surface area contributed by atoms with Crippen molar-refractivity contribution in [2.45, 2.75) is 25.7 Å². The number of amides is 1. The molecule has 1 unspecified atom stereocenters. The Bertz CT molecular complexity index is 1200. The fourth-order valence-electron chi connectivity index (χ4n) is 5.69. The molecule has 0 spiro atoms. The lowest BCUT2D eigenvalue weighted by Crippen LogP contribution is -2.49. The standard InChI is InChI=1S/C30H33N3O2/c1-3-33-28-12-8-7-11-27(28)30(29(33)35,25-9-5-4-6-10-25)17-18-31-19-21-32(22-20-31)26-15-13-24(14-16-26)23(2)34/h4-16H,3,17-22H2,1-2H3. The molecule has 2 aliphatic rings. The summed E-state index contributed by atoms with van der Waals surface area (Å²) in [6.07, 6.45) is 0.761. The Balaban J connectivity index is 1.34. The van der Waals surface area contributed by atoms with E-state index in [9.17, 15) is 9.59 Å². The summed E-state index contributed by atoms with van der Waals surface area (Å²) in [6.45, 7) is 8.96. The van der Waals surface area contributed by atoms with E-state index in [1.54, 1.807) is 6.92 Å². The molecule has 5 heteroatoms. The molecular formula is C30H33N3O2. The van der Waals surface area contributed by atoms with Crippen molar-refractivity contribution in [1.29, 1.82) is 0 Å². The van der Waals surface area contributed by atoms with Crippen LogP contribution in [-0.2, 0) is 10.2 Å². The summed E-state index contributed by atoms with van der Waals surface area (Å²) < 4.78 is 0. The molecule has 5 rings (SSSR count). The van der Waals surface area contributed by atoms with Gasteiger partial charge in [0.1, 0.15) is 5.41 Å². The van der Waals surface area contributed by atoms with Gasteiger partial charge >= 0.3 is 0 Å². The molecule has 2 aliphatic heterocycles. The van der Waals surface area contributed by atoms with Crippen LogP contribution in [-0.4, -0.2) is 55.9 Å². The van der Waals surface area contributed by atoms with Gasteiger partial charge in [0, 0.05) is 49.7 Å². The molecule has 5 nitrogen and oxygen atoms in total. The lowest BCUT2D eigenvalue weighted by Gasteiger charge is -2.38. The van der Waals surface area contributed by atoms with Gasteiger partial charge in [-0.2, -0.15) is 0 Å². The molecule has 2 heterocycles. The number of carbonyl (C=O) groups is 2. The molecule has 1 amide bonds. The summed E-state index contributed by atoms with van der Waals surface area (Å²) in [6, 6.07) is 26.5. The van der Waals surface area contributed by atoms with Crippen molar-refractivity contribution in [2.24, 2.45) is 0 Å². The van der Waals surface area contributed by atoms with Crippen molar-refractivity contribution < 1.29 is 9.59 Å². The van der Waals surface area contributed by atoms with Gasteiger partial charge in [-0.1, -0.05) is 48.5 Å². The number of hydrogen-bond donors (Lipinski definition) is 0. The zero-order valence-electron chi connectivity index (χ0n) is 20.6. The Morgan fingerprint density at radius 2 is 1.51 bits per heavy atom. The number of carbonyl (C=O) groups excluding carboxylic acids is 2. The van der Waals surface area contributed by atoms with Crippen LogP contribution in [0.4, 0.5) is 11.4 Å². The van der Waals surface area contributed by atoms with E-state index in [1.165, 1.54) is 0 Å². The number of rotatable bonds is 7. The van der Waals surface area contributed by atoms with E-state index in [4.69, 9.17) is 0 Å². The van der Waals surface area contributed by atoms with Gasteiger partial charge in [0.15, 0.2) is 5.78 Å². The molecule has 0 aliphatic carbocycles. The first-order valence-electron chi connectivity index (χ1n) is 12.6. The van der Waals surface area contributed by atoms with Gasteiger partial charge in [0.05, 0.1) is 0 Å². The summed E-state index contributed by atoms with van der Waals surface area (Å²) >= 11 is 0. The van der Waals surface area contributed by atoms with Gasteiger partial charge in [-0.3, -0.25) is 14.5 Å². The molecule has 0 aromatic heterocycles. The highest BCUT2D eigenvalue weighted by molar-refractivity contribution is 6.10. The van der Waals surface area contributed by atoms with Crippen LogP contribution in [0.15, 0.2) is 78.9 Å². The topological polar surface area (TPSA) is 43.9 Å². The predicted octanol–water partition coefficient (Wildman–Crippen LogP) is 4.75. The molecule has 180 valence electrons. The third-order valence-electron chi connectivity index (χ3n) is 7.66. The molecule has 35 heavy (non-hydrogen) atoms. The molecule has 1 fully saturated rings. The first kappa shape index (κ1) is 23.3. The van der Waals surface area contributed by atoms with Crippen molar-refractivity contribution in [3.8, 4) is 0 Å². The van der Waals surface area contributed by atoms with Gasteiger partial charge in [-0.25, -0.2) is 0 Å². The fraction of sp³-hybridized carbons (Fsp3) is 0.333. The minimum atomic E-state index is -0.645. The van der Waals surface area contributed by atoms with Gasteiger partial charge in [0.2, 0.25) is 5.91 Å². The first-order valence-corrected chi connectivity index (χ1v) is 12.6. The van der Waals surface area contributed by atoms with E-state index in [0.29, 0.717) is 6.54 Å². The number of benzene rings is 3. The van der Waals surface area contributed by atoms with E-state index < -0.39 is 5.41 Å². The average molecular weight is 468 g/mol. The van der Waals surface area contributed by atoms with Crippen LogP contribution >= 0.6 is 0 Å². The Hall–Kier alpha value is -3.44. The number of likely N-dealkylation sites (N-methyl/N-ethyl adjacent to an activating group) is 1. The number of para-hydroxylation sites is 1. The molecule has 3 aromatic rings. The maximum Gasteiger partial charge on any atom is 0.242 e. The molecule has 0 radical (unpaired) electrons. The highest BCUT2D eigenvalue weighted by Crippen LogP contribution is 2.48. The number of Topliss-reactive ketones (excluding diaryl/α,β-unsaturated/α-hetero) is 1. The Morgan fingerprint density at radius 3 is 2.17 bits per heavy atom. The first-order chi connectivity index (χ1) is 17.0. The molecule has 0 N–H and O–H groups in total. The lowest BCUT2D eigenvalue weighted by molar-refractivity contribution is -0.122. The molecule has 3 aromatic carbocycles. The van der Waals surface area contributed by atoms with Crippen molar-refractivity contribution in [3.05, 3.63) is 95.6 Å². The van der Waals surface area contributed by atoms with E-state index in [2.05, 4.69) is 47.1 Å². The quantitative estimate of drug-likeness (QED) is 0.470. The van der Waals surface area contributed by atoms with Gasteiger partial charge in [0.25, 0.3) is 0 Å². The van der Waals surface area contributed by atoms with E-state index in [0.717, 1.165) is 67.2 Å². The number of hydrogen-bond acceptors (Lipinski definition) is 4. The molecule has 1 atom stereocenters. The zero-order valence-corrected chi connectivity index (χ0v) is 20.6. The van der Waals surface area contributed by atoms with Crippen LogP contribution in [0.5, 0.6) is 0 Å². The number of ketones is 1. The van der Waals surface area contributed by atoms with Gasteiger partial charge in [-0.15, -0.1) is 0 Å². The van der Waals surface area contributed by atoms with Crippen LogP contribution in [0.2, 0.25) is 0 Å². The fourth-order valence-corrected chi connectivity index (χ4v) is 5.69. The van der Waals surface area contributed by atoms with Crippen LogP contribution in [0.3, 0.4) is 0 Å². The normalized spacial score (nSPS) is 20.2. The number of nitrogens with zero attached hydrogens (tertiary/aromatic N) is 3. The molecule has 0 saturated carbocycles. The van der Waals surface area contributed by atoms with Crippen molar-refractivity contribution >= 4 is 23.1 Å². The minimum absolute atomic E-state index is 0.0957. The van der Waals surface area contributed by atoms with Crippen LogP contribution in [0.25, 0.3) is 0 Å². The van der Waals surface area contributed by atoms with E-state index in [-0.39, 0.29) is 11.7 Å². The monoisotopic (exact) mass is 467 g/mol. The summed E-state index contributed by atoms with van der Waals surface area (Å²) in [5.74, 6) is 0.287. The molecule has 1 saturated heterocycles. The highest BCUT2D eigenvalue weighted by atomic mass is 16.2. The summed E-state index contributed by atoms with van der Waals surface area (Å²) in [7, 11) is 0. The third kappa shape index (κ3) is 4.14. The average Bonchev–Trinajstić information content (AvgIpc) is 3.16. The van der Waals surface area contributed by atoms with Crippen LogP contribution in [0.1, 0.15) is 41.8 Å². The predicted molar refractivity (Wildman–Crippen MR) is 141 cm³/mol. The van der Waals surface area contributed by atoms with Crippen molar-refractivity contribution in [2.75, 3.05) is 49.1 Å². The second-order valence-corrected chi connectivity index (χ2v) is 9.52. The lowest BCUT2D eigenvalue weighted by atomic mass is 9.72. The summed E-state index contributed by atoms with van der Waals surface area (Å²) in [5.41, 5.74) is 4.52. The number of fused-ring (bicyclic) bond motifs is 1. The maximum absolute atomic E-state index is 14.0. The smallest absolute Gasteiger partial charge is 0.242 e. The van der Waals surface area contributed by atoms with Crippen LogP contribution < -0.4 is 9.80 Å². The molecule has 0 bridgehead atoms. The third-order valence-corrected chi connectivity index (χ3v) is 7.66. The van der Waals surface area contributed by atoms with E-state index >= 15 is 0 Å². The zero-order chi connectivity index (χ0) is 24.4. The second-order valence-electron chi connectivity index (χ2n) is 9.52. The van der Waals surface area contributed by atoms with Crippen molar-refractivity contribution in [3.63, 3.8) is 0 Å². The summed E-state index contributed by atoms with van der Waals surface area (Å²) in [5, 5.41) is 0. The summed E-state index contributed by atoms with van der Waals surface area (Å²) in [4.78, 5) is 32.4. The Labute approximate surface area is 208 Å². The Kier molecular flexibility index (Phi) is 6.44. The number of anilines is 2. The van der Waals surface area contributed by atoms with E-state index in [1.807, 2.05) is 53.4 Å². The maximum atomic E-state index is 14.0. The highest BCUT2D eigenvalue weighted by Gasteiger charge is 2.51. The van der Waals surface area contributed by atoms with Crippen molar-refractivity contribution in [1.82, 2.24) is 4.90 Å². The number of piperazine rings is 1. The second kappa shape index (κ2) is 9.67. The molecular weight excluding hydrogens is 434 g/mol. The minimum Gasteiger partial charge on any atom is -0.369 e. The van der Waals surface area contributed by atoms with Crippen LogP contribution in [0, 0.1) is 0 Å². The SMILES string of the molecule is CCN1C(=O)C(CCN2CCN(c3ccc(C(C)=O)cc3)CC2)(c2ccccc2)c2ccccc21. The largest absolute Gasteiger partial charge is 0.369 e. The van der Waals surface area contributed by atoms with Gasteiger partial charge in [-0.05, 0) is 68.3 Å². The Morgan fingerprint density at radius 1 is 0.857 bits per heavy atom.